The Balaban J connectivity index is 2.59. The van der Waals surface area contributed by atoms with Gasteiger partial charge in [-0.15, -0.1) is 6.58 Å². The van der Waals surface area contributed by atoms with E-state index in [1.807, 2.05) is 18.2 Å². The van der Waals surface area contributed by atoms with Gasteiger partial charge in [-0.25, -0.2) is 4.39 Å². The van der Waals surface area contributed by atoms with Crippen LogP contribution in [0.4, 0.5) is 4.39 Å². The molecule has 94 valence electrons. The summed E-state index contributed by atoms with van der Waals surface area (Å²) in [5.41, 5.74) is 0.740. The van der Waals surface area contributed by atoms with Gasteiger partial charge in [0.25, 0.3) is 0 Å². The van der Waals surface area contributed by atoms with Gasteiger partial charge in [-0.3, -0.25) is 0 Å². The van der Waals surface area contributed by atoms with Crippen molar-refractivity contribution in [1.82, 2.24) is 5.32 Å². The fourth-order valence-electron chi connectivity index (χ4n) is 1.90. The zero-order valence-electron chi connectivity index (χ0n) is 10.6. The lowest BCUT2D eigenvalue weighted by molar-refractivity contribution is 0.491. The van der Waals surface area contributed by atoms with Crippen LogP contribution in [0.2, 0.25) is 0 Å². The monoisotopic (exact) mass is 235 g/mol. The Labute approximate surface area is 104 Å². The van der Waals surface area contributed by atoms with Crippen LogP contribution in [0.25, 0.3) is 0 Å². The van der Waals surface area contributed by atoms with Gasteiger partial charge in [0, 0.05) is 11.6 Å². The summed E-state index contributed by atoms with van der Waals surface area (Å²) in [5.74, 6) is -0.137. The highest BCUT2D eigenvalue weighted by Crippen LogP contribution is 2.20. The van der Waals surface area contributed by atoms with E-state index < -0.39 is 0 Å². The second-order valence-electron chi connectivity index (χ2n) is 4.26. The Morgan fingerprint density at radius 1 is 1.35 bits per heavy atom. The first kappa shape index (κ1) is 13.9. The Bertz CT molecular complexity index is 335. The molecule has 0 heterocycles. The minimum Gasteiger partial charge on any atom is -0.310 e. The summed E-state index contributed by atoms with van der Waals surface area (Å²) in [6.07, 6.45) is 6.15. The van der Waals surface area contributed by atoms with Crippen molar-refractivity contribution in [1.29, 1.82) is 0 Å². The quantitative estimate of drug-likeness (QED) is 0.525. The van der Waals surface area contributed by atoms with Crippen LogP contribution in [0.3, 0.4) is 0 Å². The first-order chi connectivity index (χ1) is 8.29. The molecule has 1 N–H and O–H groups in total. The summed E-state index contributed by atoms with van der Waals surface area (Å²) >= 11 is 0. The number of hydrogen-bond acceptors (Lipinski definition) is 1. The van der Waals surface area contributed by atoms with Crippen molar-refractivity contribution in [3.05, 3.63) is 48.3 Å². The van der Waals surface area contributed by atoms with Gasteiger partial charge < -0.3 is 5.32 Å². The minimum absolute atomic E-state index is 0.0468. The van der Waals surface area contributed by atoms with Crippen LogP contribution >= 0.6 is 0 Å². The fraction of sp³-hybridized carbons (Fsp3) is 0.467. The Kier molecular flexibility index (Phi) is 6.56. The van der Waals surface area contributed by atoms with Gasteiger partial charge in [0.1, 0.15) is 5.82 Å². The van der Waals surface area contributed by atoms with E-state index in [1.165, 1.54) is 18.9 Å². The lowest BCUT2D eigenvalue weighted by Crippen LogP contribution is -2.23. The molecule has 0 bridgehead atoms. The molecule has 0 fully saturated rings. The molecule has 17 heavy (non-hydrogen) atoms. The molecule has 2 heteroatoms. The van der Waals surface area contributed by atoms with Gasteiger partial charge in [-0.1, -0.05) is 44.0 Å². The molecule has 0 aliphatic heterocycles. The van der Waals surface area contributed by atoms with E-state index in [9.17, 15) is 4.39 Å². The van der Waals surface area contributed by atoms with Crippen molar-refractivity contribution in [3.63, 3.8) is 0 Å². The van der Waals surface area contributed by atoms with Crippen molar-refractivity contribution < 1.29 is 4.39 Å². The summed E-state index contributed by atoms with van der Waals surface area (Å²) in [4.78, 5) is 0. The summed E-state index contributed by atoms with van der Waals surface area (Å²) in [6, 6.07) is 7.00. The predicted octanol–water partition coefficient (Wildman–Crippen LogP) is 4.22. The molecule has 1 rings (SSSR count). The third kappa shape index (κ3) is 4.70. The average molecular weight is 235 g/mol. The van der Waals surface area contributed by atoms with E-state index >= 15 is 0 Å². The van der Waals surface area contributed by atoms with Gasteiger partial charge in [0.05, 0.1) is 0 Å². The molecule has 0 radical (unpaired) electrons. The summed E-state index contributed by atoms with van der Waals surface area (Å²) in [7, 11) is 0. The van der Waals surface area contributed by atoms with E-state index in [4.69, 9.17) is 0 Å². The third-order valence-electron chi connectivity index (χ3n) is 2.85. The van der Waals surface area contributed by atoms with Gasteiger partial charge in [0.15, 0.2) is 0 Å². The molecule has 1 unspecified atom stereocenters. The van der Waals surface area contributed by atoms with Crippen molar-refractivity contribution in [3.8, 4) is 0 Å². The Morgan fingerprint density at radius 3 is 2.76 bits per heavy atom. The molecular weight excluding hydrogens is 213 g/mol. The van der Waals surface area contributed by atoms with Crippen LogP contribution in [-0.4, -0.2) is 6.54 Å². The molecule has 1 atom stereocenters. The second kappa shape index (κ2) is 8.02. The molecule has 0 aliphatic rings. The molecule has 0 aromatic heterocycles. The minimum atomic E-state index is -0.137. The highest BCUT2D eigenvalue weighted by atomic mass is 19.1. The van der Waals surface area contributed by atoms with Crippen LogP contribution in [0.5, 0.6) is 0 Å². The number of nitrogens with one attached hydrogen (secondary N) is 1. The molecule has 1 nitrogen and oxygen atoms in total. The SMILES string of the molecule is C=CCC(NCCCCC)c1ccccc1F. The molecule has 0 saturated heterocycles. The van der Waals surface area contributed by atoms with Crippen LogP contribution in [0, 0.1) is 5.82 Å². The van der Waals surface area contributed by atoms with E-state index in [1.54, 1.807) is 6.07 Å². The maximum Gasteiger partial charge on any atom is 0.127 e. The van der Waals surface area contributed by atoms with Gasteiger partial charge in [0.2, 0.25) is 0 Å². The van der Waals surface area contributed by atoms with Gasteiger partial charge in [-0.2, -0.15) is 0 Å². The Morgan fingerprint density at radius 2 is 2.12 bits per heavy atom. The largest absolute Gasteiger partial charge is 0.310 e. The maximum atomic E-state index is 13.7. The third-order valence-corrected chi connectivity index (χ3v) is 2.85. The second-order valence-corrected chi connectivity index (χ2v) is 4.26. The lowest BCUT2D eigenvalue weighted by Gasteiger charge is -2.18. The number of benzene rings is 1. The molecule has 0 saturated carbocycles. The highest BCUT2D eigenvalue weighted by Gasteiger charge is 2.12. The van der Waals surface area contributed by atoms with E-state index in [2.05, 4.69) is 18.8 Å². The predicted molar refractivity (Wildman–Crippen MR) is 71.5 cm³/mol. The topological polar surface area (TPSA) is 12.0 Å². The number of unbranched alkanes of at least 4 members (excludes halogenated alkanes) is 2. The van der Waals surface area contributed by atoms with Crippen LogP contribution in [0.15, 0.2) is 36.9 Å². The fourth-order valence-corrected chi connectivity index (χ4v) is 1.90. The van der Waals surface area contributed by atoms with Crippen molar-refractivity contribution >= 4 is 0 Å². The standard InChI is InChI=1S/C15H22FN/c1-3-5-8-12-17-15(9-4-2)13-10-6-7-11-14(13)16/h4,6-7,10-11,15,17H,2-3,5,8-9,12H2,1H3. The maximum absolute atomic E-state index is 13.7. The summed E-state index contributed by atoms with van der Waals surface area (Å²) < 4.78 is 13.7. The molecule has 1 aromatic rings. The average Bonchev–Trinajstić information content (AvgIpc) is 2.34. The zero-order chi connectivity index (χ0) is 12.5. The summed E-state index contributed by atoms with van der Waals surface area (Å²) in [5, 5.41) is 3.40. The molecule has 1 aromatic carbocycles. The van der Waals surface area contributed by atoms with Gasteiger partial charge in [-0.05, 0) is 25.5 Å². The van der Waals surface area contributed by atoms with E-state index in [-0.39, 0.29) is 11.9 Å². The molecule has 0 spiro atoms. The van der Waals surface area contributed by atoms with E-state index in [0.717, 1.165) is 24.9 Å². The van der Waals surface area contributed by atoms with Gasteiger partial charge >= 0.3 is 0 Å². The van der Waals surface area contributed by atoms with Crippen LogP contribution in [-0.2, 0) is 0 Å². The Hall–Kier alpha value is -1.15. The van der Waals surface area contributed by atoms with Crippen LogP contribution < -0.4 is 5.32 Å². The number of hydrogen-bond donors (Lipinski definition) is 1. The van der Waals surface area contributed by atoms with Crippen molar-refractivity contribution in [2.75, 3.05) is 6.54 Å². The lowest BCUT2D eigenvalue weighted by atomic mass is 10.0. The molecular formula is C15H22FN. The highest BCUT2D eigenvalue weighted by molar-refractivity contribution is 5.21. The van der Waals surface area contributed by atoms with Crippen LogP contribution in [0.1, 0.15) is 44.2 Å². The molecule has 0 aliphatic carbocycles. The molecule has 0 amide bonds. The van der Waals surface area contributed by atoms with E-state index in [0.29, 0.717) is 0 Å². The smallest absolute Gasteiger partial charge is 0.127 e. The van der Waals surface area contributed by atoms with Crippen molar-refractivity contribution in [2.45, 2.75) is 38.6 Å². The zero-order valence-corrected chi connectivity index (χ0v) is 10.6. The summed E-state index contributed by atoms with van der Waals surface area (Å²) in [6.45, 7) is 6.85. The first-order valence-corrected chi connectivity index (χ1v) is 6.38. The normalized spacial score (nSPS) is 12.4. The van der Waals surface area contributed by atoms with Crippen molar-refractivity contribution in [2.24, 2.45) is 0 Å². The number of rotatable bonds is 8. The number of halogens is 1. The first-order valence-electron chi connectivity index (χ1n) is 6.38.